The largest absolute Gasteiger partial charge is 0.480 e. The Morgan fingerprint density at radius 1 is 1.33 bits per heavy atom. The van der Waals surface area contributed by atoms with Crippen molar-refractivity contribution in [3.63, 3.8) is 0 Å². The second kappa shape index (κ2) is 6.06. The van der Waals surface area contributed by atoms with E-state index in [-0.39, 0.29) is 11.4 Å². The third kappa shape index (κ3) is 3.67. The van der Waals surface area contributed by atoms with Crippen molar-refractivity contribution < 1.29 is 18.3 Å². The van der Waals surface area contributed by atoms with E-state index in [1.54, 1.807) is 30.3 Å². The highest BCUT2D eigenvalue weighted by atomic mass is 32.2. The Morgan fingerprint density at radius 3 is 2.52 bits per heavy atom. The molecule has 1 unspecified atom stereocenters. The van der Waals surface area contributed by atoms with E-state index in [4.69, 9.17) is 0 Å². The third-order valence-electron chi connectivity index (χ3n) is 2.93. The number of carboxylic acids is 1. The molecule has 0 spiro atoms. The maximum absolute atomic E-state index is 12.2. The standard InChI is InChI=1S/C13H15N3O4S/c1-16-12(7-8-14-16)21(19,20)15-11(13(17)18)9-10-5-3-2-4-6-10/h2-8,11,15H,9H2,1H3,(H,17,18). The van der Waals surface area contributed by atoms with Crippen molar-refractivity contribution in [2.75, 3.05) is 0 Å². The minimum Gasteiger partial charge on any atom is -0.480 e. The maximum atomic E-state index is 12.2. The predicted octanol–water partition coefficient (Wildman–Crippen LogP) is 0.394. The van der Waals surface area contributed by atoms with Gasteiger partial charge in [-0.25, -0.2) is 8.42 Å². The molecule has 0 aliphatic carbocycles. The van der Waals surface area contributed by atoms with Crippen LogP contribution in [0.25, 0.3) is 0 Å². The molecule has 0 amide bonds. The molecule has 0 aliphatic rings. The second-order valence-corrected chi connectivity index (χ2v) is 6.16. The van der Waals surface area contributed by atoms with Crippen LogP contribution in [0.15, 0.2) is 47.6 Å². The zero-order valence-electron chi connectivity index (χ0n) is 11.3. The number of aliphatic carboxylic acids is 1. The van der Waals surface area contributed by atoms with Crippen LogP contribution in [0.1, 0.15) is 5.56 Å². The summed E-state index contributed by atoms with van der Waals surface area (Å²) >= 11 is 0. The predicted molar refractivity (Wildman–Crippen MR) is 75.1 cm³/mol. The lowest BCUT2D eigenvalue weighted by molar-refractivity contribution is -0.138. The van der Waals surface area contributed by atoms with Crippen LogP contribution in [-0.4, -0.2) is 35.3 Å². The third-order valence-corrected chi connectivity index (χ3v) is 4.48. The van der Waals surface area contributed by atoms with Gasteiger partial charge >= 0.3 is 5.97 Å². The van der Waals surface area contributed by atoms with Gasteiger partial charge < -0.3 is 5.11 Å². The lowest BCUT2D eigenvalue weighted by Crippen LogP contribution is -2.42. The molecular formula is C13H15N3O4S. The number of aromatic nitrogens is 2. The molecule has 1 aromatic heterocycles. The molecule has 8 heteroatoms. The first kappa shape index (κ1) is 15.2. The van der Waals surface area contributed by atoms with E-state index in [2.05, 4.69) is 9.82 Å². The minimum absolute atomic E-state index is 0.0628. The number of aryl methyl sites for hydroxylation is 1. The summed E-state index contributed by atoms with van der Waals surface area (Å²) in [6, 6.07) is 8.89. The number of rotatable bonds is 6. The van der Waals surface area contributed by atoms with E-state index < -0.39 is 22.0 Å². The maximum Gasteiger partial charge on any atom is 0.322 e. The van der Waals surface area contributed by atoms with Gasteiger partial charge in [0.25, 0.3) is 10.0 Å². The van der Waals surface area contributed by atoms with Gasteiger partial charge in [0, 0.05) is 7.05 Å². The van der Waals surface area contributed by atoms with Crippen molar-refractivity contribution in [2.45, 2.75) is 17.5 Å². The van der Waals surface area contributed by atoms with E-state index in [0.717, 1.165) is 5.56 Å². The topological polar surface area (TPSA) is 101 Å². The molecular weight excluding hydrogens is 294 g/mol. The van der Waals surface area contributed by atoms with Crippen molar-refractivity contribution in [3.8, 4) is 0 Å². The molecule has 7 nitrogen and oxygen atoms in total. The molecule has 112 valence electrons. The van der Waals surface area contributed by atoms with Crippen molar-refractivity contribution >= 4 is 16.0 Å². The molecule has 0 saturated heterocycles. The SMILES string of the molecule is Cn1nccc1S(=O)(=O)NC(Cc1ccccc1)C(=O)O. The fourth-order valence-corrected chi connectivity index (χ4v) is 3.22. The van der Waals surface area contributed by atoms with Crippen LogP contribution >= 0.6 is 0 Å². The summed E-state index contributed by atoms with van der Waals surface area (Å²) in [6.45, 7) is 0. The van der Waals surface area contributed by atoms with E-state index >= 15 is 0 Å². The van der Waals surface area contributed by atoms with Crippen molar-refractivity contribution in [2.24, 2.45) is 7.05 Å². The molecule has 1 aromatic carbocycles. The van der Waals surface area contributed by atoms with Gasteiger partial charge in [-0.3, -0.25) is 9.48 Å². The van der Waals surface area contributed by atoms with Crippen molar-refractivity contribution in [3.05, 3.63) is 48.2 Å². The summed E-state index contributed by atoms with van der Waals surface area (Å²) in [7, 11) is -2.47. The highest BCUT2D eigenvalue weighted by Gasteiger charge is 2.27. The zero-order chi connectivity index (χ0) is 15.5. The smallest absolute Gasteiger partial charge is 0.322 e. The monoisotopic (exact) mass is 309 g/mol. The lowest BCUT2D eigenvalue weighted by atomic mass is 10.1. The Balaban J connectivity index is 2.21. The van der Waals surface area contributed by atoms with Gasteiger partial charge in [-0.15, -0.1) is 0 Å². The Labute approximate surface area is 122 Å². The van der Waals surface area contributed by atoms with Gasteiger partial charge in [-0.1, -0.05) is 30.3 Å². The van der Waals surface area contributed by atoms with Gasteiger partial charge in [0.05, 0.1) is 6.20 Å². The van der Waals surface area contributed by atoms with Crippen LogP contribution in [-0.2, 0) is 28.3 Å². The van der Waals surface area contributed by atoms with E-state index in [0.29, 0.717) is 0 Å². The van der Waals surface area contributed by atoms with Crippen LogP contribution in [0.2, 0.25) is 0 Å². The second-order valence-electron chi connectivity index (χ2n) is 4.49. The summed E-state index contributed by atoms with van der Waals surface area (Å²) in [6.07, 6.45) is 1.40. The fourth-order valence-electron chi connectivity index (χ4n) is 1.90. The first-order chi connectivity index (χ1) is 9.90. The number of carboxylic acid groups (broad SMARTS) is 1. The summed E-state index contributed by atoms with van der Waals surface area (Å²) in [4.78, 5) is 11.3. The van der Waals surface area contributed by atoms with Crippen LogP contribution in [0.4, 0.5) is 0 Å². The quantitative estimate of drug-likeness (QED) is 0.804. The molecule has 1 heterocycles. The minimum atomic E-state index is -3.94. The first-order valence-corrected chi connectivity index (χ1v) is 7.65. The molecule has 2 rings (SSSR count). The molecule has 0 aliphatic heterocycles. The Hall–Kier alpha value is -2.19. The number of sulfonamides is 1. The first-order valence-electron chi connectivity index (χ1n) is 6.17. The van der Waals surface area contributed by atoms with Gasteiger partial charge in [0.2, 0.25) is 0 Å². The molecule has 21 heavy (non-hydrogen) atoms. The van der Waals surface area contributed by atoms with Gasteiger partial charge in [0.15, 0.2) is 5.03 Å². The number of nitrogens with one attached hydrogen (secondary N) is 1. The van der Waals surface area contributed by atoms with E-state index in [1.165, 1.54) is 24.0 Å². The Kier molecular flexibility index (Phi) is 4.39. The van der Waals surface area contributed by atoms with Crippen molar-refractivity contribution in [1.29, 1.82) is 0 Å². The summed E-state index contributed by atoms with van der Waals surface area (Å²) in [5.41, 5.74) is 0.734. The fraction of sp³-hybridized carbons (Fsp3) is 0.231. The average molecular weight is 309 g/mol. The number of hydrogen-bond donors (Lipinski definition) is 2. The van der Waals surface area contributed by atoms with Gasteiger partial charge in [0.1, 0.15) is 6.04 Å². The molecule has 2 N–H and O–H groups in total. The molecule has 1 atom stereocenters. The normalized spacial score (nSPS) is 13.0. The van der Waals surface area contributed by atoms with Gasteiger partial charge in [-0.2, -0.15) is 9.82 Å². The average Bonchev–Trinajstić information content (AvgIpc) is 2.86. The summed E-state index contributed by atoms with van der Waals surface area (Å²) in [5, 5.41) is 12.9. The number of benzene rings is 1. The molecule has 2 aromatic rings. The lowest BCUT2D eigenvalue weighted by Gasteiger charge is -2.14. The van der Waals surface area contributed by atoms with E-state index in [1.807, 2.05) is 0 Å². The molecule has 0 fully saturated rings. The van der Waals surface area contributed by atoms with Crippen LogP contribution in [0.3, 0.4) is 0 Å². The van der Waals surface area contributed by atoms with Crippen molar-refractivity contribution in [1.82, 2.24) is 14.5 Å². The Morgan fingerprint density at radius 2 is 2.00 bits per heavy atom. The summed E-state index contributed by atoms with van der Waals surface area (Å²) < 4.78 is 27.7. The van der Waals surface area contributed by atoms with Crippen LogP contribution in [0, 0.1) is 0 Å². The van der Waals surface area contributed by atoms with Crippen LogP contribution in [0.5, 0.6) is 0 Å². The molecule has 0 saturated carbocycles. The zero-order valence-corrected chi connectivity index (χ0v) is 12.1. The highest BCUT2D eigenvalue weighted by Crippen LogP contribution is 2.10. The summed E-state index contributed by atoms with van der Waals surface area (Å²) in [5.74, 6) is -1.23. The number of hydrogen-bond acceptors (Lipinski definition) is 4. The Bertz CT molecular complexity index is 725. The number of carbonyl (C=O) groups is 1. The van der Waals surface area contributed by atoms with E-state index in [9.17, 15) is 18.3 Å². The highest BCUT2D eigenvalue weighted by molar-refractivity contribution is 7.89. The number of nitrogens with zero attached hydrogens (tertiary/aromatic N) is 2. The van der Waals surface area contributed by atoms with Crippen LogP contribution < -0.4 is 4.72 Å². The molecule has 0 bridgehead atoms. The van der Waals surface area contributed by atoms with Gasteiger partial charge in [-0.05, 0) is 18.1 Å². The molecule has 0 radical (unpaired) electrons.